The summed E-state index contributed by atoms with van der Waals surface area (Å²) >= 11 is 0. The van der Waals surface area contributed by atoms with E-state index in [2.05, 4.69) is 0 Å². The van der Waals surface area contributed by atoms with Gasteiger partial charge in [-0.2, -0.15) is 0 Å². The Morgan fingerprint density at radius 1 is 1.04 bits per heavy atom. The third-order valence-corrected chi connectivity index (χ3v) is 5.98. The highest BCUT2D eigenvalue weighted by Gasteiger charge is 2.42. The summed E-state index contributed by atoms with van der Waals surface area (Å²) in [6.45, 7) is 0. The average molecular weight is 382 g/mol. The quantitative estimate of drug-likeness (QED) is 0.586. The minimum Gasteiger partial charge on any atom is -0.490 e. The van der Waals surface area contributed by atoms with Crippen molar-refractivity contribution in [3.05, 3.63) is 56.4 Å². The molecule has 7 nitrogen and oxygen atoms in total. The number of ether oxygens (including phenoxy) is 1. The molecule has 1 aromatic carbocycles. The number of Topliss-reactive ketones (excluding diaryl/α,β-unsaturated/α-hetero) is 2. The molecule has 7 heteroatoms. The second kappa shape index (κ2) is 6.89. The van der Waals surface area contributed by atoms with E-state index in [1.807, 2.05) is 11.9 Å². The van der Waals surface area contributed by atoms with E-state index in [1.165, 1.54) is 13.2 Å². The SMILES string of the molecule is COc1ccc(C2C3=C(CCCC3=O)N(C)C3=C2C(=O)CCC3)cc1[N+](=O)[O-]. The lowest BCUT2D eigenvalue weighted by molar-refractivity contribution is -0.385. The molecule has 3 aliphatic rings. The van der Waals surface area contributed by atoms with Crippen molar-refractivity contribution in [1.82, 2.24) is 4.90 Å². The van der Waals surface area contributed by atoms with Gasteiger partial charge in [-0.3, -0.25) is 19.7 Å². The highest BCUT2D eigenvalue weighted by atomic mass is 16.6. The van der Waals surface area contributed by atoms with E-state index < -0.39 is 10.8 Å². The van der Waals surface area contributed by atoms with Crippen LogP contribution in [0.5, 0.6) is 5.75 Å². The van der Waals surface area contributed by atoms with Crippen molar-refractivity contribution in [3.63, 3.8) is 0 Å². The van der Waals surface area contributed by atoms with Gasteiger partial charge in [0.25, 0.3) is 0 Å². The van der Waals surface area contributed by atoms with Crippen LogP contribution in [0, 0.1) is 10.1 Å². The number of methoxy groups -OCH3 is 1. The van der Waals surface area contributed by atoms with Gasteiger partial charge in [-0.25, -0.2) is 0 Å². The van der Waals surface area contributed by atoms with Crippen molar-refractivity contribution in [2.24, 2.45) is 0 Å². The lowest BCUT2D eigenvalue weighted by Gasteiger charge is -2.42. The first-order valence-corrected chi connectivity index (χ1v) is 9.52. The van der Waals surface area contributed by atoms with Crippen molar-refractivity contribution < 1.29 is 19.2 Å². The van der Waals surface area contributed by atoms with E-state index in [-0.39, 0.29) is 23.0 Å². The van der Waals surface area contributed by atoms with E-state index in [4.69, 9.17) is 4.74 Å². The number of allylic oxidation sites excluding steroid dienone is 4. The highest BCUT2D eigenvalue weighted by molar-refractivity contribution is 6.06. The van der Waals surface area contributed by atoms with Gasteiger partial charge >= 0.3 is 5.69 Å². The monoisotopic (exact) mass is 382 g/mol. The Hall–Kier alpha value is -2.96. The second-order valence-corrected chi connectivity index (χ2v) is 7.45. The summed E-state index contributed by atoms with van der Waals surface area (Å²) in [6.07, 6.45) is 4.01. The standard InChI is InChI=1S/C21H22N2O5/c1-22-13-5-3-7-16(24)20(13)19(21-14(22)6-4-8-17(21)25)12-9-10-18(28-2)15(11-12)23(26)27/h9-11,19H,3-8H2,1-2H3. The van der Waals surface area contributed by atoms with Gasteiger partial charge in [-0.05, 0) is 37.3 Å². The molecule has 2 aliphatic carbocycles. The average Bonchev–Trinajstić information content (AvgIpc) is 2.69. The summed E-state index contributed by atoms with van der Waals surface area (Å²) < 4.78 is 5.11. The van der Waals surface area contributed by atoms with Crippen LogP contribution in [0.1, 0.15) is 50.0 Å². The van der Waals surface area contributed by atoms with Crippen molar-refractivity contribution in [2.45, 2.75) is 44.4 Å². The fourth-order valence-electron chi connectivity index (χ4n) is 4.72. The summed E-state index contributed by atoms with van der Waals surface area (Å²) in [5.74, 6) is -0.315. The zero-order valence-corrected chi connectivity index (χ0v) is 16.0. The Bertz CT molecular complexity index is 916. The molecule has 28 heavy (non-hydrogen) atoms. The van der Waals surface area contributed by atoms with Crippen LogP contribution < -0.4 is 4.74 Å². The van der Waals surface area contributed by atoms with Gasteiger partial charge in [0, 0.05) is 54.4 Å². The van der Waals surface area contributed by atoms with E-state index in [1.54, 1.807) is 12.1 Å². The molecule has 0 bridgehead atoms. The number of hydrogen-bond donors (Lipinski definition) is 0. The van der Waals surface area contributed by atoms with Crippen LogP contribution in [0.2, 0.25) is 0 Å². The highest BCUT2D eigenvalue weighted by Crippen LogP contribution is 2.49. The maximum Gasteiger partial charge on any atom is 0.311 e. The Morgan fingerprint density at radius 3 is 2.11 bits per heavy atom. The minimum atomic E-state index is -0.536. The molecule has 4 rings (SSSR count). The molecule has 1 aromatic rings. The number of benzene rings is 1. The zero-order valence-electron chi connectivity index (χ0n) is 16.0. The van der Waals surface area contributed by atoms with Crippen LogP contribution in [-0.4, -0.2) is 35.5 Å². The van der Waals surface area contributed by atoms with E-state index in [9.17, 15) is 19.7 Å². The number of hydrogen-bond acceptors (Lipinski definition) is 6. The summed E-state index contributed by atoms with van der Waals surface area (Å²) in [5.41, 5.74) is 3.60. The molecule has 0 fully saturated rings. The molecule has 1 aliphatic heterocycles. The van der Waals surface area contributed by atoms with Gasteiger partial charge in [-0.15, -0.1) is 0 Å². The van der Waals surface area contributed by atoms with Crippen LogP contribution in [0.15, 0.2) is 40.7 Å². The first-order chi connectivity index (χ1) is 13.4. The van der Waals surface area contributed by atoms with Crippen LogP contribution in [0.4, 0.5) is 5.69 Å². The molecule has 0 unspecified atom stereocenters. The molecule has 0 spiro atoms. The summed E-state index contributed by atoms with van der Waals surface area (Å²) in [5, 5.41) is 11.5. The molecular formula is C21H22N2O5. The topological polar surface area (TPSA) is 89.8 Å². The number of rotatable bonds is 3. The lowest BCUT2D eigenvalue weighted by Crippen LogP contribution is -2.37. The molecule has 0 N–H and O–H groups in total. The first-order valence-electron chi connectivity index (χ1n) is 9.52. The van der Waals surface area contributed by atoms with Crippen molar-refractivity contribution in [3.8, 4) is 5.75 Å². The third kappa shape index (κ3) is 2.73. The van der Waals surface area contributed by atoms with Crippen LogP contribution in [0.3, 0.4) is 0 Å². The number of nitrogens with zero attached hydrogens (tertiary/aromatic N) is 2. The van der Waals surface area contributed by atoms with Crippen LogP contribution in [0.25, 0.3) is 0 Å². The molecule has 0 radical (unpaired) electrons. The minimum absolute atomic E-state index is 0.0292. The third-order valence-electron chi connectivity index (χ3n) is 5.98. The molecule has 0 saturated heterocycles. The molecule has 0 atom stereocenters. The van der Waals surface area contributed by atoms with Gasteiger partial charge in [0.15, 0.2) is 17.3 Å². The van der Waals surface area contributed by atoms with Gasteiger partial charge < -0.3 is 9.64 Å². The maximum atomic E-state index is 12.9. The first kappa shape index (κ1) is 18.4. The number of nitro groups is 1. The Kier molecular flexibility index (Phi) is 4.53. The second-order valence-electron chi connectivity index (χ2n) is 7.45. The van der Waals surface area contributed by atoms with Crippen molar-refractivity contribution >= 4 is 17.3 Å². The maximum absolute atomic E-state index is 12.9. The predicted octanol–water partition coefficient (Wildman–Crippen LogP) is 3.65. The summed E-state index contributed by atoms with van der Waals surface area (Å²) in [7, 11) is 3.31. The Morgan fingerprint density at radius 2 is 1.61 bits per heavy atom. The molecule has 0 amide bonds. The fraction of sp³-hybridized carbons (Fsp3) is 0.429. The van der Waals surface area contributed by atoms with E-state index >= 15 is 0 Å². The molecule has 0 aromatic heterocycles. The predicted molar refractivity (Wildman–Crippen MR) is 102 cm³/mol. The van der Waals surface area contributed by atoms with Crippen molar-refractivity contribution in [2.75, 3.05) is 14.2 Å². The number of nitro benzene ring substituents is 1. The van der Waals surface area contributed by atoms with Gasteiger partial charge in [0.2, 0.25) is 0 Å². The number of ketones is 2. The lowest BCUT2D eigenvalue weighted by atomic mass is 9.71. The van der Waals surface area contributed by atoms with Crippen molar-refractivity contribution in [1.29, 1.82) is 0 Å². The fourth-order valence-corrected chi connectivity index (χ4v) is 4.72. The van der Waals surface area contributed by atoms with Gasteiger partial charge in [0.1, 0.15) is 0 Å². The molecule has 1 heterocycles. The zero-order chi connectivity index (χ0) is 20.0. The van der Waals surface area contributed by atoms with Crippen LogP contribution in [-0.2, 0) is 9.59 Å². The summed E-state index contributed by atoms with van der Waals surface area (Å²) in [4.78, 5) is 38.9. The molecule has 0 saturated carbocycles. The Balaban J connectivity index is 1.96. The Labute approximate surface area is 162 Å². The normalized spacial score (nSPS) is 20.3. The van der Waals surface area contributed by atoms with E-state index in [0.29, 0.717) is 29.6 Å². The largest absolute Gasteiger partial charge is 0.490 e. The molecule has 146 valence electrons. The smallest absolute Gasteiger partial charge is 0.311 e. The van der Waals surface area contributed by atoms with Gasteiger partial charge in [0.05, 0.1) is 12.0 Å². The van der Waals surface area contributed by atoms with E-state index in [0.717, 1.165) is 37.1 Å². The number of carbonyl (C=O) groups excluding carboxylic acids is 2. The van der Waals surface area contributed by atoms with Gasteiger partial charge in [-0.1, -0.05) is 6.07 Å². The summed E-state index contributed by atoms with van der Waals surface area (Å²) in [6, 6.07) is 4.74. The number of carbonyl (C=O) groups is 2. The van der Waals surface area contributed by atoms with Crippen LogP contribution >= 0.6 is 0 Å². The molecular weight excluding hydrogens is 360 g/mol.